The number of para-hydroxylation sites is 1. The molecule has 6 heteroatoms. The average molecular weight is 381 g/mol. The van der Waals surface area contributed by atoms with Crippen LogP contribution in [-0.2, 0) is 11.2 Å². The maximum atomic E-state index is 13.2. The van der Waals surface area contributed by atoms with Gasteiger partial charge in [0.15, 0.2) is 0 Å². The number of carbonyl (C=O) groups is 2. The van der Waals surface area contributed by atoms with Gasteiger partial charge < -0.3 is 11.1 Å². The van der Waals surface area contributed by atoms with Crippen LogP contribution >= 0.6 is 0 Å². The molecule has 1 aliphatic carbocycles. The van der Waals surface area contributed by atoms with Crippen LogP contribution in [0.2, 0.25) is 0 Å². The van der Waals surface area contributed by atoms with Crippen LogP contribution in [0.4, 0.5) is 20.6 Å². The van der Waals surface area contributed by atoms with Crippen molar-refractivity contribution in [3.8, 4) is 0 Å². The molecule has 3 N–H and O–H groups in total. The van der Waals surface area contributed by atoms with Gasteiger partial charge in [-0.25, -0.2) is 9.18 Å². The van der Waals surface area contributed by atoms with E-state index in [1.165, 1.54) is 12.1 Å². The molecule has 0 aromatic heterocycles. The third kappa shape index (κ3) is 3.72. The summed E-state index contributed by atoms with van der Waals surface area (Å²) in [6.07, 6.45) is 4.39. The predicted octanol–water partition coefficient (Wildman–Crippen LogP) is 4.08. The van der Waals surface area contributed by atoms with E-state index in [0.29, 0.717) is 5.69 Å². The van der Waals surface area contributed by atoms with E-state index in [1.807, 2.05) is 24.3 Å². The number of amides is 3. The van der Waals surface area contributed by atoms with E-state index in [4.69, 9.17) is 5.73 Å². The zero-order valence-electron chi connectivity index (χ0n) is 15.6. The zero-order valence-corrected chi connectivity index (χ0v) is 15.6. The first-order valence-corrected chi connectivity index (χ1v) is 9.77. The minimum atomic E-state index is -0.528. The largest absolute Gasteiger partial charge is 0.351 e. The van der Waals surface area contributed by atoms with Crippen molar-refractivity contribution < 1.29 is 14.0 Å². The number of nitrogens with one attached hydrogen (secondary N) is 1. The zero-order chi connectivity index (χ0) is 19.7. The summed E-state index contributed by atoms with van der Waals surface area (Å²) in [5.41, 5.74) is 8.22. The van der Waals surface area contributed by atoms with E-state index in [9.17, 15) is 14.0 Å². The molecule has 2 atom stereocenters. The van der Waals surface area contributed by atoms with Gasteiger partial charge in [0, 0.05) is 11.4 Å². The van der Waals surface area contributed by atoms with Gasteiger partial charge in [-0.15, -0.1) is 0 Å². The third-order valence-corrected chi connectivity index (χ3v) is 5.73. The molecule has 1 heterocycles. The first-order chi connectivity index (χ1) is 13.5. The van der Waals surface area contributed by atoms with Crippen LogP contribution in [0.3, 0.4) is 0 Å². The number of anilines is 2. The van der Waals surface area contributed by atoms with Gasteiger partial charge in [-0.05, 0) is 73.9 Å². The fourth-order valence-electron chi connectivity index (χ4n) is 4.31. The number of hydrogen-bond donors (Lipinski definition) is 2. The lowest BCUT2D eigenvalue weighted by molar-refractivity contribution is -0.121. The van der Waals surface area contributed by atoms with Crippen molar-refractivity contribution in [2.45, 2.75) is 38.1 Å². The lowest BCUT2D eigenvalue weighted by atomic mass is 9.89. The van der Waals surface area contributed by atoms with Crippen LogP contribution in [0.1, 0.15) is 31.2 Å². The molecule has 0 bridgehead atoms. The van der Waals surface area contributed by atoms with E-state index in [0.717, 1.165) is 43.4 Å². The Kier molecular flexibility index (Phi) is 5.03. The molecule has 0 saturated heterocycles. The molecule has 146 valence electrons. The van der Waals surface area contributed by atoms with Crippen molar-refractivity contribution in [2.24, 2.45) is 17.6 Å². The van der Waals surface area contributed by atoms with Crippen molar-refractivity contribution in [3.63, 3.8) is 0 Å². The van der Waals surface area contributed by atoms with Gasteiger partial charge in [0.25, 0.3) is 0 Å². The van der Waals surface area contributed by atoms with Gasteiger partial charge in [0.2, 0.25) is 5.91 Å². The average Bonchev–Trinajstić information content (AvgIpc) is 3.50. The second kappa shape index (κ2) is 7.62. The van der Waals surface area contributed by atoms with Crippen molar-refractivity contribution in [2.75, 3.05) is 10.2 Å². The molecule has 2 aliphatic rings. The Bertz CT molecular complexity index is 880. The number of aryl methyl sites for hydroxylation is 1. The number of primary amides is 1. The second-order valence-electron chi connectivity index (χ2n) is 7.66. The number of nitrogens with zero attached hydrogens (tertiary/aromatic N) is 1. The smallest absolute Gasteiger partial charge is 0.319 e. The molecule has 0 spiro atoms. The molecule has 1 aliphatic heterocycles. The molecule has 3 amide bonds. The van der Waals surface area contributed by atoms with E-state index in [1.54, 1.807) is 17.0 Å². The van der Waals surface area contributed by atoms with Crippen LogP contribution in [0, 0.1) is 17.7 Å². The Morgan fingerprint density at radius 1 is 1.07 bits per heavy atom. The van der Waals surface area contributed by atoms with Crippen LogP contribution in [-0.4, -0.2) is 18.0 Å². The number of rotatable bonds is 4. The standard InChI is InChI=1S/C22H24FN3O2/c23-16-10-12-17(13-11-16)25-21(27)20(15-8-9-15)19-7-3-5-14-4-1-2-6-18(14)26(19)22(24)28/h1-2,4,6,10-13,15,19-20H,3,5,7-9H2,(H2,24,28)(H,25,27). The number of nitrogens with two attached hydrogens (primary N) is 1. The Morgan fingerprint density at radius 3 is 2.46 bits per heavy atom. The van der Waals surface area contributed by atoms with Gasteiger partial charge in [-0.2, -0.15) is 0 Å². The van der Waals surface area contributed by atoms with Crippen LogP contribution in [0.5, 0.6) is 0 Å². The number of halogens is 1. The summed E-state index contributed by atoms with van der Waals surface area (Å²) in [7, 11) is 0. The minimum Gasteiger partial charge on any atom is -0.351 e. The number of carbonyl (C=O) groups excluding carboxylic acids is 2. The summed E-state index contributed by atoms with van der Waals surface area (Å²) in [4.78, 5) is 27.2. The Balaban J connectivity index is 1.65. The van der Waals surface area contributed by atoms with E-state index < -0.39 is 6.03 Å². The topological polar surface area (TPSA) is 75.4 Å². The molecule has 28 heavy (non-hydrogen) atoms. The summed E-state index contributed by atoms with van der Waals surface area (Å²) >= 11 is 0. The van der Waals surface area contributed by atoms with E-state index in [2.05, 4.69) is 5.32 Å². The van der Waals surface area contributed by atoms with Crippen LogP contribution in [0.25, 0.3) is 0 Å². The quantitative estimate of drug-likeness (QED) is 0.837. The molecule has 0 radical (unpaired) electrons. The van der Waals surface area contributed by atoms with Crippen molar-refractivity contribution in [1.29, 1.82) is 0 Å². The van der Waals surface area contributed by atoms with Gasteiger partial charge in [-0.1, -0.05) is 18.2 Å². The Labute approximate surface area is 163 Å². The summed E-state index contributed by atoms with van der Waals surface area (Å²) in [6, 6.07) is 12.7. The van der Waals surface area contributed by atoms with Gasteiger partial charge in [0.1, 0.15) is 5.82 Å². The van der Waals surface area contributed by atoms with Gasteiger partial charge in [-0.3, -0.25) is 9.69 Å². The number of fused-ring (bicyclic) bond motifs is 1. The maximum absolute atomic E-state index is 13.2. The molecule has 2 aromatic carbocycles. The second-order valence-corrected chi connectivity index (χ2v) is 7.66. The molecular weight excluding hydrogens is 357 g/mol. The third-order valence-electron chi connectivity index (χ3n) is 5.73. The first kappa shape index (κ1) is 18.5. The number of benzene rings is 2. The van der Waals surface area contributed by atoms with Crippen molar-refractivity contribution >= 4 is 23.3 Å². The molecule has 4 rings (SSSR count). The molecule has 1 saturated carbocycles. The van der Waals surface area contributed by atoms with Crippen LogP contribution < -0.4 is 16.0 Å². The molecule has 5 nitrogen and oxygen atoms in total. The number of hydrogen-bond acceptors (Lipinski definition) is 2. The monoisotopic (exact) mass is 381 g/mol. The predicted molar refractivity (Wildman–Crippen MR) is 106 cm³/mol. The van der Waals surface area contributed by atoms with Crippen molar-refractivity contribution in [3.05, 3.63) is 59.9 Å². The highest BCUT2D eigenvalue weighted by atomic mass is 19.1. The maximum Gasteiger partial charge on any atom is 0.319 e. The summed E-state index contributed by atoms with van der Waals surface area (Å²) < 4.78 is 13.2. The summed E-state index contributed by atoms with van der Waals surface area (Å²) in [6.45, 7) is 0. The highest BCUT2D eigenvalue weighted by molar-refractivity contribution is 5.97. The van der Waals surface area contributed by atoms with Gasteiger partial charge >= 0.3 is 6.03 Å². The van der Waals surface area contributed by atoms with E-state index in [-0.39, 0.29) is 29.6 Å². The molecule has 2 unspecified atom stereocenters. The van der Waals surface area contributed by atoms with E-state index >= 15 is 0 Å². The van der Waals surface area contributed by atoms with Crippen LogP contribution in [0.15, 0.2) is 48.5 Å². The SMILES string of the molecule is NC(=O)N1c2ccccc2CCCC1C(C(=O)Nc1ccc(F)cc1)C1CC1. The molecule has 1 fully saturated rings. The normalized spacial score (nSPS) is 20.0. The summed E-state index contributed by atoms with van der Waals surface area (Å²) in [5, 5.41) is 2.91. The first-order valence-electron chi connectivity index (χ1n) is 9.77. The lowest BCUT2D eigenvalue weighted by Crippen LogP contribution is -2.51. The highest BCUT2D eigenvalue weighted by Crippen LogP contribution is 2.44. The fourth-order valence-corrected chi connectivity index (χ4v) is 4.31. The minimum absolute atomic E-state index is 0.135. The number of urea groups is 1. The van der Waals surface area contributed by atoms with Crippen molar-refractivity contribution in [1.82, 2.24) is 0 Å². The highest BCUT2D eigenvalue weighted by Gasteiger charge is 2.45. The Morgan fingerprint density at radius 2 is 1.79 bits per heavy atom. The molecular formula is C22H24FN3O2. The fraction of sp³-hybridized carbons (Fsp3) is 0.364. The molecule has 2 aromatic rings. The van der Waals surface area contributed by atoms with Gasteiger partial charge in [0.05, 0.1) is 12.0 Å². The Hall–Kier alpha value is -2.89. The summed E-state index contributed by atoms with van der Waals surface area (Å²) in [5.74, 6) is -0.594. The lowest BCUT2D eigenvalue weighted by Gasteiger charge is -2.35.